The molecule has 3 rings (SSSR count). The molecule has 0 bridgehead atoms. The van der Waals surface area contributed by atoms with Gasteiger partial charge in [0, 0.05) is 18.2 Å². The van der Waals surface area contributed by atoms with E-state index in [0.717, 1.165) is 9.58 Å². The number of aliphatic carboxylic acids is 1. The molecule has 2 amide bonds. The number of esters is 1. The Balaban J connectivity index is 1.70. The predicted octanol–water partition coefficient (Wildman–Crippen LogP) is 1.19. The van der Waals surface area contributed by atoms with Crippen LogP contribution in [-0.4, -0.2) is 67.3 Å². The van der Waals surface area contributed by atoms with E-state index in [1.165, 1.54) is 25.6 Å². The highest BCUT2D eigenvalue weighted by molar-refractivity contribution is 9.10. The number of alkyl halides is 2. The monoisotopic (exact) mass is 522 g/mol. The quantitative estimate of drug-likeness (QED) is 0.403. The molecular weight excluding hydrogens is 506 g/mol. The summed E-state index contributed by atoms with van der Waals surface area (Å²) in [6.07, 6.45) is -2.82. The molecule has 2 N–H and O–H groups in total. The van der Waals surface area contributed by atoms with E-state index in [0.29, 0.717) is 5.69 Å². The minimum atomic E-state index is -2.82. The van der Waals surface area contributed by atoms with Crippen LogP contribution in [0.25, 0.3) is 0 Å². The molecule has 168 valence electrons. The molecule has 2 atom stereocenters. The Morgan fingerprint density at radius 2 is 2.10 bits per heavy atom. The number of carboxylic acid groups (broad SMARTS) is 1. The molecule has 0 saturated carbocycles. The standard InChI is InChI=1S/C17H17BrF2N4O6S/c1-6-10(18)11(14(19)20)22-23(6)3-9(26)21-12-15(27)24-13(17(28)29)8(4-30-7(2)25)5-31-16(12)24/h12,14,16H,3-5H2,1-2H3,(H,21,26)(H,28,29)/t12-,16+/m1/s1. The first-order chi connectivity index (χ1) is 14.5. The number of nitrogens with one attached hydrogen (secondary N) is 1. The summed E-state index contributed by atoms with van der Waals surface area (Å²) in [4.78, 5) is 48.7. The summed E-state index contributed by atoms with van der Waals surface area (Å²) in [6, 6.07) is -0.976. The van der Waals surface area contributed by atoms with E-state index in [2.05, 4.69) is 26.3 Å². The van der Waals surface area contributed by atoms with Crippen LogP contribution in [0.15, 0.2) is 15.7 Å². The van der Waals surface area contributed by atoms with Crippen molar-refractivity contribution in [2.75, 3.05) is 12.4 Å². The normalized spacial score (nSPS) is 20.5. The highest BCUT2D eigenvalue weighted by Gasteiger charge is 2.54. The van der Waals surface area contributed by atoms with Crippen molar-refractivity contribution in [3.63, 3.8) is 0 Å². The first kappa shape index (κ1) is 23.2. The fourth-order valence-electron chi connectivity index (χ4n) is 3.18. The van der Waals surface area contributed by atoms with Gasteiger partial charge >= 0.3 is 11.9 Å². The number of thioether (sulfide) groups is 1. The number of ether oxygens (including phenoxy) is 1. The average Bonchev–Trinajstić information content (AvgIpc) is 2.98. The molecule has 1 saturated heterocycles. The maximum absolute atomic E-state index is 13.0. The third-order valence-electron chi connectivity index (χ3n) is 4.67. The number of rotatable bonds is 7. The number of aromatic nitrogens is 2. The number of amides is 2. The minimum Gasteiger partial charge on any atom is -0.477 e. The number of β-lactam (4-membered cyclic amide) rings is 1. The Morgan fingerprint density at radius 3 is 2.65 bits per heavy atom. The Hall–Kier alpha value is -2.48. The van der Waals surface area contributed by atoms with Gasteiger partial charge in [-0.2, -0.15) is 5.10 Å². The van der Waals surface area contributed by atoms with Crippen LogP contribution >= 0.6 is 27.7 Å². The molecule has 10 nitrogen and oxygen atoms in total. The second kappa shape index (κ2) is 8.94. The van der Waals surface area contributed by atoms with Crippen molar-refractivity contribution < 1.29 is 37.8 Å². The minimum absolute atomic E-state index is 0.0978. The van der Waals surface area contributed by atoms with Crippen LogP contribution in [0, 0.1) is 6.92 Å². The zero-order valence-electron chi connectivity index (χ0n) is 16.2. The summed E-state index contributed by atoms with van der Waals surface area (Å²) in [5.41, 5.74) is -0.159. The first-order valence-corrected chi connectivity index (χ1v) is 10.7. The maximum atomic E-state index is 13.0. The number of carbonyl (C=O) groups is 4. The van der Waals surface area contributed by atoms with Gasteiger partial charge in [-0.15, -0.1) is 11.8 Å². The van der Waals surface area contributed by atoms with E-state index in [1.807, 2.05) is 0 Å². The zero-order valence-corrected chi connectivity index (χ0v) is 18.6. The third kappa shape index (κ3) is 4.44. The highest BCUT2D eigenvalue weighted by Crippen LogP contribution is 2.40. The summed E-state index contributed by atoms with van der Waals surface area (Å²) < 4.78 is 32.0. The summed E-state index contributed by atoms with van der Waals surface area (Å²) in [6.45, 7) is 2.05. The fourth-order valence-corrected chi connectivity index (χ4v) is 4.96. The lowest BCUT2D eigenvalue weighted by Gasteiger charge is -2.49. The van der Waals surface area contributed by atoms with E-state index in [-0.39, 0.29) is 28.1 Å². The smallest absolute Gasteiger partial charge is 0.352 e. The van der Waals surface area contributed by atoms with Crippen LogP contribution < -0.4 is 5.32 Å². The number of carboxylic acids is 1. The van der Waals surface area contributed by atoms with E-state index in [1.54, 1.807) is 0 Å². The first-order valence-electron chi connectivity index (χ1n) is 8.86. The van der Waals surface area contributed by atoms with E-state index in [9.17, 15) is 33.1 Å². The Labute approximate surface area is 187 Å². The lowest BCUT2D eigenvalue weighted by Crippen LogP contribution is -2.70. The van der Waals surface area contributed by atoms with Crippen LogP contribution in [-0.2, 0) is 30.5 Å². The SMILES string of the molecule is CC(=O)OCC1=C(C(=O)O)N2C(=O)[C@@H](NC(=O)Cn3nc(C(F)F)c(Br)c3C)[C@@H]2SC1. The lowest BCUT2D eigenvalue weighted by molar-refractivity contribution is -0.151. The number of halogens is 3. The van der Waals surface area contributed by atoms with Crippen LogP contribution in [0.1, 0.15) is 24.7 Å². The van der Waals surface area contributed by atoms with Crippen molar-refractivity contribution in [1.82, 2.24) is 20.0 Å². The van der Waals surface area contributed by atoms with Gasteiger partial charge in [0.15, 0.2) is 0 Å². The molecular formula is C17H17BrF2N4O6S. The molecule has 2 aliphatic heterocycles. The Morgan fingerprint density at radius 1 is 1.42 bits per heavy atom. The summed E-state index contributed by atoms with van der Waals surface area (Å²) in [5.74, 6) is -3.00. The highest BCUT2D eigenvalue weighted by atomic mass is 79.9. The molecule has 1 aromatic rings. The molecule has 0 unspecified atom stereocenters. The summed E-state index contributed by atoms with van der Waals surface area (Å²) in [7, 11) is 0. The van der Waals surface area contributed by atoms with Gasteiger partial charge in [0.2, 0.25) is 5.91 Å². The third-order valence-corrected chi connectivity index (χ3v) is 6.99. The van der Waals surface area contributed by atoms with Gasteiger partial charge in [-0.05, 0) is 22.9 Å². The molecule has 0 aliphatic carbocycles. The van der Waals surface area contributed by atoms with Gasteiger partial charge in [-0.25, -0.2) is 13.6 Å². The second-order valence-corrected chi connectivity index (χ2v) is 8.63. The van der Waals surface area contributed by atoms with Crippen LogP contribution in [0.4, 0.5) is 8.78 Å². The van der Waals surface area contributed by atoms with Gasteiger partial charge < -0.3 is 15.2 Å². The molecule has 14 heteroatoms. The van der Waals surface area contributed by atoms with Gasteiger partial charge in [0.1, 0.15) is 36.0 Å². The maximum Gasteiger partial charge on any atom is 0.352 e. The van der Waals surface area contributed by atoms with E-state index >= 15 is 0 Å². The number of carbonyl (C=O) groups excluding carboxylic acids is 3. The molecule has 31 heavy (non-hydrogen) atoms. The summed E-state index contributed by atoms with van der Waals surface area (Å²) in [5, 5.41) is 15.1. The molecule has 0 spiro atoms. The van der Waals surface area contributed by atoms with Crippen LogP contribution in [0.3, 0.4) is 0 Å². The van der Waals surface area contributed by atoms with Crippen LogP contribution in [0.5, 0.6) is 0 Å². The average molecular weight is 523 g/mol. The van der Waals surface area contributed by atoms with Gasteiger partial charge in [0.25, 0.3) is 12.3 Å². The number of fused-ring (bicyclic) bond motifs is 1. The zero-order chi connectivity index (χ0) is 23.0. The molecule has 2 aliphatic rings. The topological polar surface area (TPSA) is 131 Å². The van der Waals surface area contributed by atoms with Crippen molar-refractivity contribution >= 4 is 51.4 Å². The molecule has 1 aromatic heterocycles. The Kier molecular flexibility index (Phi) is 6.69. The Bertz CT molecular complexity index is 998. The molecule has 0 radical (unpaired) electrons. The van der Waals surface area contributed by atoms with Crippen molar-refractivity contribution in [2.45, 2.75) is 38.2 Å². The van der Waals surface area contributed by atoms with Crippen molar-refractivity contribution in [3.8, 4) is 0 Å². The van der Waals surface area contributed by atoms with Gasteiger partial charge in [-0.1, -0.05) is 0 Å². The predicted molar refractivity (Wildman–Crippen MR) is 106 cm³/mol. The molecule has 1 fully saturated rings. The number of nitrogens with zero attached hydrogens (tertiary/aromatic N) is 3. The number of hydrogen-bond donors (Lipinski definition) is 2. The van der Waals surface area contributed by atoms with Crippen molar-refractivity contribution in [3.05, 3.63) is 27.1 Å². The summed E-state index contributed by atoms with van der Waals surface area (Å²) >= 11 is 4.23. The van der Waals surface area contributed by atoms with Gasteiger partial charge in [-0.3, -0.25) is 24.0 Å². The number of hydrogen-bond acceptors (Lipinski definition) is 7. The molecule has 0 aromatic carbocycles. The fraction of sp³-hybridized carbons (Fsp3) is 0.471. The van der Waals surface area contributed by atoms with Crippen LogP contribution in [0.2, 0.25) is 0 Å². The van der Waals surface area contributed by atoms with E-state index in [4.69, 9.17) is 4.74 Å². The lowest BCUT2D eigenvalue weighted by atomic mass is 10.0. The van der Waals surface area contributed by atoms with E-state index < -0.39 is 53.8 Å². The van der Waals surface area contributed by atoms with Gasteiger partial charge in [0.05, 0.1) is 10.2 Å². The van der Waals surface area contributed by atoms with Crippen molar-refractivity contribution in [1.29, 1.82) is 0 Å². The second-order valence-electron chi connectivity index (χ2n) is 6.74. The molecule has 3 heterocycles. The van der Waals surface area contributed by atoms with Crippen molar-refractivity contribution in [2.24, 2.45) is 0 Å². The largest absolute Gasteiger partial charge is 0.477 e.